The fraction of sp³-hybridized carbons (Fsp3) is 0.308. The van der Waals surface area contributed by atoms with Crippen LogP contribution in [0.3, 0.4) is 0 Å². The van der Waals surface area contributed by atoms with Gasteiger partial charge in [-0.25, -0.2) is 8.42 Å². The third-order valence-corrected chi connectivity index (χ3v) is 9.51. The van der Waals surface area contributed by atoms with Crippen molar-refractivity contribution in [2.75, 3.05) is 18.0 Å². The van der Waals surface area contributed by atoms with Crippen molar-refractivity contribution in [3.63, 3.8) is 0 Å². The predicted octanol–water partition coefficient (Wildman–Crippen LogP) is 1.24. The van der Waals surface area contributed by atoms with Crippen molar-refractivity contribution in [1.29, 1.82) is 5.26 Å². The number of rotatable bonds is 9. The zero-order chi connectivity index (χ0) is 28.7. The maximum Gasteiger partial charge on any atom is 0.263 e. The molecule has 1 aromatic carbocycles. The number of carbonyl (C=O) groups is 1. The van der Waals surface area contributed by atoms with E-state index in [0.29, 0.717) is 29.6 Å². The Labute approximate surface area is 229 Å². The standard InChI is InChI=1S/C26H26N8O5S/c1-32-11-8-21(31-32)34(3)40(37,38)26(9-10-26)16-39-24-22-19(15-29-30-24)12-20(25(36)33(22)2)23(35)28-14-18-6-4-17(13-27)5-7-18/h4-8,11-12,15H,9-10,14,16H2,1-3H3,(H,28,35). The number of nitrogens with zero attached hydrogens (tertiary/aromatic N) is 7. The van der Waals surface area contributed by atoms with E-state index < -0.39 is 26.2 Å². The lowest BCUT2D eigenvalue weighted by Crippen LogP contribution is -2.41. The van der Waals surface area contributed by atoms with Crippen molar-refractivity contribution in [3.8, 4) is 11.9 Å². The smallest absolute Gasteiger partial charge is 0.263 e. The van der Waals surface area contributed by atoms with Crippen LogP contribution >= 0.6 is 0 Å². The second-order valence-corrected chi connectivity index (χ2v) is 12.0. The number of ether oxygens (including phenoxy) is 1. The summed E-state index contributed by atoms with van der Waals surface area (Å²) in [7, 11) is 0.822. The highest BCUT2D eigenvalue weighted by Crippen LogP contribution is 2.46. The molecule has 1 aliphatic rings. The summed E-state index contributed by atoms with van der Waals surface area (Å²) in [6, 6.07) is 11.8. The minimum absolute atomic E-state index is 0.0106. The molecule has 4 aromatic rings. The molecule has 206 valence electrons. The summed E-state index contributed by atoms with van der Waals surface area (Å²) >= 11 is 0. The number of carbonyl (C=O) groups excluding carboxylic acids is 1. The summed E-state index contributed by atoms with van der Waals surface area (Å²) in [5.41, 5.74) is 0.884. The van der Waals surface area contributed by atoms with Gasteiger partial charge in [-0.1, -0.05) is 12.1 Å². The van der Waals surface area contributed by atoms with Crippen LogP contribution < -0.4 is 19.9 Å². The van der Waals surface area contributed by atoms with Crippen LogP contribution in [0, 0.1) is 11.3 Å². The normalized spacial score (nSPS) is 13.9. The lowest BCUT2D eigenvalue weighted by molar-refractivity contribution is 0.0949. The molecule has 40 heavy (non-hydrogen) atoms. The first-order chi connectivity index (χ1) is 19.1. The molecule has 0 saturated heterocycles. The number of fused-ring (bicyclic) bond motifs is 1. The lowest BCUT2D eigenvalue weighted by atomic mass is 10.1. The molecule has 1 amide bonds. The summed E-state index contributed by atoms with van der Waals surface area (Å²) in [4.78, 5) is 26.0. The molecule has 1 saturated carbocycles. The highest BCUT2D eigenvalue weighted by atomic mass is 32.2. The van der Waals surface area contributed by atoms with E-state index in [1.54, 1.807) is 43.6 Å². The van der Waals surface area contributed by atoms with E-state index in [1.165, 1.54) is 35.6 Å². The molecule has 0 unspecified atom stereocenters. The minimum Gasteiger partial charge on any atom is -0.473 e. The number of hydrogen-bond donors (Lipinski definition) is 1. The van der Waals surface area contributed by atoms with Gasteiger partial charge >= 0.3 is 0 Å². The van der Waals surface area contributed by atoms with E-state index in [2.05, 4.69) is 20.6 Å². The van der Waals surface area contributed by atoms with Gasteiger partial charge < -0.3 is 14.6 Å². The number of benzene rings is 1. The van der Waals surface area contributed by atoms with Crippen molar-refractivity contribution in [1.82, 2.24) is 29.9 Å². The van der Waals surface area contributed by atoms with Crippen LogP contribution in [0.15, 0.2) is 53.6 Å². The van der Waals surface area contributed by atoms with Crippen molar-refractivity contribution in [3.05, 3.63) is 75.8 Å². The van der Waals surface area contributed by atoms with Gasteiger partial charge in [-0.3, -0.25) is 18.6 Å². The van der Waals surface area contributed by atoms with Crippen molar-refractivity contribution in [2.24, 2.45) is 14.1 Å². The monoisotopic (exact) mass is 562 g/mol. The molecule has 0 spiro atoms. The molecular formula is C26H26N8O5S. The Balaban J connectivity index is 1.36. The maximum atomic E-state index is 13.4. The fourth-order valence-corrected chi connectivity index (χ4v) is 6.10. The second kappa shape index (κ2) is 10.1. The number of pyridine rings is 1. The Morgan fingerprint density at radius 2 is 1.95 bits per heavy atom. The Morgan fingerprint density at radius 1 is 1.23 bits per heavy atom. The van der Waals surface area contributed by atoms with E-state index in [4.69, 9.17) is 10.00 Å². The van der Waals surface area contributed by atoms with Crippen LogP contribution in [-0.4, -0.2) is 57.3 Å². The average Bonchev–Trinajstić information content (AvgIpc) is 3.65. The average molecular weight is 563 g/mol. The zero-order valence-electron chi connectivity index (χ0n) is 22.0. The molecule has 1 N–H and O–H groups in total. The number of nitriles is 1. The van der Waals surface area contributed by atoms with Crippen molar-refractivity contribution >= 4 is 32.7 Å². The highest BCUT2D eigenvalue weighted by molar-refractivity contribution is 7.94. The fourth-order valence-electron chi connectivity index (χ4n) is 4.35. The van der Waals surface area contributed by atoms with Crippen LogP contribution in [0.5, 0.6) is 5.88 Å². The molecule has 13 nitrogen and oxygen atoms in total. The van der Waals surface area contributed by atoms with Gasteiger partial charge in [-0.15, -0.1) is 5.10 Å². The Morgan fingerprint density at radius 3 is 2.58 bits per heavy atom. The molecule has 0 atom stereocenters. The number of amides is 1. The first-order valence-corrected chi connectivity index (χ1v) is 13.7. The second-order valence-electron chi connectivity index (χ2n) is 9.66. The third-order valence-electron chi connectivity index (χ3n) is 6.98. The van der Waals surface area contributed by atoms with Gasteiger partial charge in [0, 0.05) is 45.3 Å². The summed E-state index contributed by atoms with van der Waals surface area (Å²) in [6.07, 6.45) is 3.85. The number of anilines is 1. The van der Waals surface area contributed by atoms with Crippen molar-refractivity contribution in [2.45, 2.75) is 24.1 Å². The molecule has 1 aliphatic carbocycles. The molecule has 0 bridgehead atoms. The SMILES string of the molecule is CN(c1ccn(C)n1)S(=O)(=O)C1(COc2nncc3cc(C(=O)NCc4ccc(C#N)cc4)c(=O)n(C)c23)CC1. The molecule has 0 radical (unpaired) electrons. The van der Waals surface area contributed by atoms with E-state index in [9.17, 15) is 18.0 Å². The summed E-state index contributed by atoms with van der Waals surface area (Å²) < 4.78 is 35.4. The van der Waals surface area contributed by atoms with Gasteiger partial charge in [-0.05, 0) is 36.6 Å². The largest absolute Gasteiger partial charge is 0.473 e. The molecule has 14 heteroatoms. The molecule has 0 aliphatic heterocycles. The van der Waals surface area contributed by atoms with Crippen LogP contribution in [0.25, 0.3) is 10.9 Å². The maximum absolute atomic E-state index is 13.4. The van der Waals surface area contributed by atoms with E-state index in [0.717, 1.165) is 9.87 Å². The topological polar surface area (TPSA) is 165 Å². The number of nitrogens with one attached hydrogen (secondary N) is 1. The van der Waals surface area contributed by atoms with Crippen LogP contribution in [0.2, 0.25) is 0 Å². The van der Waals surface area contributed by atoms with Crippen LogP contribution in [0.4, 0.5) is 5.82 Å². The first-order valence-electron chi connectivity index (χ1n) is 12.3. The number of aryl methyl sites for hydroxylation is 2. The molecule has 1 fully saturated rings. The number of hydrogen-bond acceptors (Lipinski definition) is 9. The van der Waals surface area contributed by atoms with Crippen molar-refractivity contribution < 1.29 is 17.9 Å². The van der Waals surface area contributed by atoms with Crippen LogP contribution in [0.1, 0.15) is 34.3 Å². The summed E-state index contributed by atoms with van der Waals surface area (Å²) in [5.74, 6) is -0.290. The quantitative estimate of drug-likeness (QED) is 0.316. The third kappa shape index (κ3) is 4.75. The molecule has 3 aromatic heterocycles. The van der Waals surface area contributed by atoms with Gasteiger partial charge in [0.2, 0.25) is 10.0 Å². The first kappa shape index (κ1) is 26.8. The summed E-state index contributed by atoms with van der Waals surface area (Å²) in [6.45, 7) is -0.0283. The highest BCUT2D eigenvalue weighted by Gasteiger charge is 2.57. The van der Waals surface area contributed by atoms with Gasteiger partial charge in [-0.2, -0.15) is 15.5 Å². The van der Waals surface area contributed by atoms with E-state index in [-0.39, 0.29) is 30.1 Å². The minimum atomic E-state index is -3.81. The van der Waals surface area contributed by atoms with Gasteiger partial charge in [0.05, 0.1) is 17.8 Å². The van der Waals surface area contributed by atoms with Gasteiger partial charge in [0.1, 0.15) is 22.4 Å². The molecule has 5 rings (SSSR count). The lowest BCUT2D eigenvalue weighted by Gasteiger charge is -2.24. The van der Waals surface area contributed by atoms with Gasteiger partial charge in [0.15, 0.2) is 5.82 Å². The zero-order valence-corrected chi connectivity index (χ0v) is 22.8. The predicted molar refractivity (Wildman–Crippen MR) is 145 cm³/mol. The Hall–Kier alpha value is -4.77. The number of sulfonamides is 1. The summed E-state index contributed by atoms with van der Waals surface area (Å²) in [5, 5.41) is 24.2. The Kier molecular flexibility index (Phi) is 6.76. The van der Waals surface area contributed by atoms with E-state index >= 15 is 0 Å². The van der Waals surface area contributed by atoms with E-state index in [1.807, 2.05) is 6.07 Å². The Bertz CT molecular complexity index is 1820. The van der Waals surface area contributed by atoms with Crippen LogP contribution in [-0.2, 0) is 30.7 Å². The number of aromatic nitrogens is 5. The van der Waals surface area contributed by atoms with Gasteiger partial charge in [0.25, 0.3) is 17.3 Å². The molecule has 3 heterocycles. The molecular weight excluding hydrogens is 536 g/mol.